The smallest absolute Gasteiger partial charge is 0.0494 e. The van der Waals surface area contributed by atoms with Gasteiger partial charge in [0.05, 0.1) is 0 Å². The zero-order chi connectivity index (χ0) is 18.1. The third-order valence-corrected chi connectivity index (χ3v) is 3.89. The summed E-state index contributed by atoms with van der Waals surface area (Å²) >= 11 is 0. The van der Waals surface area contributed by atoms with Crippen LogP contribution in [0.2, 0.25) is 0 Å². The fourth-order valence-corrected chi connectivity index (χ4v) is 2.54. The van der Waals surface area contributed by atoms with Gasteiger partial charge < -0.3 is 4.57 Å². The molecule has 0 unspecified atom stereocenters. The normalized spacial score (nSPS) is 10.7. The monoisotopic (exact) mass is 319 g/mol. The summed E-state index contributed by atoms with van der Waals surface area (Å²) in [5.41, 5.74) is 7.35. The van der Waals surface area contributed by atoms with E-state index in [0.29, 0.717) is 0 Å². The number of hydrogen-bond acceptors (Lipinski definition) is 0. The minimum absolute atomic E-state index is 1.16. The molecular weight excluding hydrogens is 290 g/mol. The number of rotatable bonds is 5. The van der Waals surface area contributed by atoms with Crippen molar-refractivity contribution >= 4 is 12.2 Å². The average Bonchev–Trinajstić information content (AvgIpc) is 2.84. The summed E-state index contributed by atoms with van der Waals surface area (Å²) in [7, 11) is 0. The van der Waals surface area contributed by atoms with Crippen molar-refractivity contribution in [3.63, 3.8) is 0 Å². The number of aryl methyl sites for hydroxylation is 1. The Kier molecular flexibility index (Phi) is 7.77. The fourth-order valence-electron chi connectivity index (χ4n) is 2.54. The second kappa shape index (κ2) is 9.57. The molecule has 0 fully saturated rings. The number of allylic oxidation sites excluding steroid dienone is 4. The molecule has 0 aliphatic heterocycles. The molecular formula is C23H29N. The average molecular weight is 319 g/mol. The summed E-state index contributed by atoms with van der Waals surface area (Å²) in [6.07, 6.45) is 11.8. The highest BCUT2D eigenvalue weighted by Crippen LogP contribution is 2.28. The van der Waals surface area contributed by atoms with E-state index < -0.39 is 0 Å². The van der Waals surface area contributed by atoms with Gasteiger partial charge in [-0.05, 0) is 56.2 Å². The van der Waals surface area contributed by atoms with Crippen molar-refractivity contribution in [3.05, 3.63) is 89.8 Å². The lowest BCUT2D eigenvalue weighted by Gasteiger charge is -2.11. The number of benzene rings is 1. The van der Waals surface area contributed by atoms with E-state index in [1.165, 1.54) is 28.1 Å². The molecule has 0 aliphatic rings. The molecule has 2 rings (SSSR count). The molecule has 0 amide bonds. The van der Waals surface area contributed by atoms with Gasteiger partial charge in [-0.3, -0.25) is 0 Å². The van der Waals surface area contributed by atoms with Gasteiger partial charge in [-0.15, -0.1) is 0 Å². The molecule has 0 spiro atoms. The van der Waals surface area contributed by atoms with E-state index in [-0.39, 0.29) is 0 Å². The molecule has 0 atom stereocenters. The van der Waals surface area contributed by atoms with Crippen LogP contribution in [-0.4, -0.2) is 4.57 Å². The van der Waals surface area contributed by atoms with Crippen LogP contribution in [0.25, 0.3) is 17.8 Å². The third kappa shape index (κ3) is 4.26. The predicted octanol–water partition coefficient (Wildman–Crippen LogP) is 6.83. The maximum absolute atomic E-state index is 3.77. The van der Waals surface area contributed by atoms with E-state index in [9.17, 15) is 0 Å². The Balaban J connectivity index is 0.00000139. The van der Waals surface area contributed by atoms with Crippen LogP contribution in [0.4, 0.5) is 0 Å². The van der Waals surface area contributed by atoms with Crippen molar-refractivity contribution in [2.75, 3.05) is 0 Å². The first kappa shape index (κ1) is 19.5. The highest BCUT2D eigenvalue weighted by molar-refractivity contribution is 5.67. The minimum atomic E-state index is 1.16. The van der Waals surface area contributed by atoms with Crippen LogP contribution in [0.15, 0.2) is 61.7 Å². The van der Waals surface area contributed by atoms with Gasteiger partial charge >= 0.3 is 0 Å². The summed E-state index contributed by atoms with van der Waals surface area (Å²) in [5.74, 6) is 0. The van der Waals surface area contributed by atoms with Crippen molar-refractivity contribution in [2.45, 2.75) is 34.6 Å². The molecule has 0 N–H and O–H groups in total. The minimum Gasteiger partial charge on any atom is -0.310 e. The Bertz CT molecular complexity index is 696. The maximum atomic E-state index is 3.77. The molecule has 0 aliphatic carbocycles. The van der Waals surface area contributed by atoms with E-state index in [1.807, 2.05) is 26.0 Å². The molecule has 0 saturated carbocycles. The fraction of sp³-hybridized carbons (Fsp3) is 0.217. The van der Waals surface area contributed by atoms with E-state index in [1.54, 1.807) is 12.2 Å². The Morgan fingerprint density at radius 3 is 1.54 bits per heavy atom. The molecule has 1 heteroatoms. The molecule has 1 heterocycles. The quantitative estimate of drug-likeness (QED) is 0.532. The molecule has 1 nitrogen and oxygen atoms in total. The van der Waals surface area contributed by atoms with Crippen LogP contribution >= 0.6 is 0 Å². The van der Waals surface area contributed by atoms with E-state index in [2.05, 4.69) is 74.9 Å². The van der Waals surface area contributed by atoms with E-state index >= 15 is 0 Å². The van der Waals surface area contributed by atoms with E-state index in [4.69, 9.17) is 0 Å². The summed E-state index contributed by atoms with van der Waals surface area (Å²) < 4.78 is 2.28. The first-order chi connectivity index (χ1) is 11.6. The molecule has 1 aromatic heterocycles. The van der Waals surface area contributed by atoms with Gasteiger partial charge in [-0.2, -0.15) is 0 Å². The molecule has 24 heavy (non-hydrogen) atoms. The van der Waals surface area contributed by atoms with Crippen LogP contribution < -0.4 is 0 Å². The van der Waals surface area contributed by atoms with Crippen molar-refractivity contribution in [3.8, 4) is 5.69 Å². The van der Waals surface area contributed by atoms with Crippen molar-refractivity contribution in [1.82, 2.24) is 4.57 Å². The highest BCUT2D eigenvalue weighted by Gasteiger charge is 2.15. The third-order valence-electron chi connectivity index (χ3n) is 3.89. The number of aromatic nitrogens is 1. The van der Waals surface area contributed by atoms with Gasteiger partial charge in [-0.25, -0.2) is 0 Å². The Labute approximate surface area is 147 Å². The van der Waals surface area contributed by atoms with Gasteiger partial charge in [-0.1, -0.05) is 69.0 Å². The van der Waals surface area contributed by atoms with Crippen LogP contribution in [0.1, 0.15) is 41.9 Å². The first-order valence-corrected chi connectivity index (χ1v) is 8.47. The van der Waals surface area contributed by atoms with E-state index in [0.717, 1.165) is 5.69 Å². The Hall–Kier alpha value is -2.54. The lowest BCUT2D eigenvalue weighted by atomic mass is 10.1. The maximum Gasteiger partial charge on any atom is 0.0494 e. The van der Waals surface area contributed by atoms with Gasteiger partial charge in [0.1, 0.15) is 0 Å². The standard InChI is InChI=1S/C21H23N.C2H6/c1-6-8-10-20-17(4)18(5)21(11-9-7-2)22(20)19-14-12-16(3)13-15-19;1-2/h6-15H,1-2H2,3-5H3;1-2H3/b10-8-,11-9-;. The van der Waals surface area contributed by atoms with Crippen molar-refractivity contribution in [1.29, 1.82) is 0 Å². The SMILES string of the molecule is C=C/C=C\c1c(C)c(C)c(/C=C\C=C)n1-c1ccc(C)cc1.CC. The predicted molar refractivity (Wildman–Crippen MR) is 110 cm³/mol. The zero-order valence-electron chi connectivity index (χ0n) is 15.6. The van der Waals surface area contributed by atoms with Gasteiger partial charge in [0.15, 0.2) is 0 Å². The summed E-state index contributed by atoms with van der Waals surface area (Å²) in [6, 6.07) is 8.60. The number of hydrogen-bond donors (Lipinski definition) is 0. The van der Waals surface area contributed by atoms with Crippen LogP contribution in [0.3, 0.4) is 0 Å². The molecule has 2 aromatic rings. The molecule has 0 saturated heterocycles. The molecule has 126 valence electrons. The van der Waals surface area contributed by atoms with Crippen LogP contribution in [0, 0.1) is 20.8 Å². The number of nitrogens with zero attached hydrogens (tertiary/aromatic N) is 1. The topological polar surface area (TPSA) is 4.93 Å². The molecule has 0 bridgehead atoms. The molecule has 0 radical (unpaired) electrons. The Morgan fingerprint density at radius 2 is 1.17 bits per heavy atom. The van der Waals surface area contributed by atoms with Crippen molar-refractivity contribution in [2.24, 2.45) is 0 Å². The van der Waals surface area contributed by atoms with Crippen LogP contribution in [0.5, 0.6) is 0 Å². The second-order valence-electron chi connectivity index (χ2n) is 5.38. The van der Waals surface area contributed by atoms with Crippen molar-refractivity contribution < 1.29 is 0 Å². The molecule has 1 aromatic carbocycles. The highest BCUT2D eigenvalue weighted by atomic mass is 15.0. The summed E-state index contributed by atoms with van der Waals surface area (Å²) in [5, 5.41) is 0. The lowest BCUT2D eigenvalue weighted by molar-refractivity contribution is 1.03. The van der Waals surface area contributed by atoms with Gasteiger partial charge in [0.2, 0.25) is 0 Å². The summed E-state index contributed by atoms with van der Waals surface area (Å²) in [6.45, 7) is 18.0. The van der Waals surface area contributed by atoms with Gasteiger partial charge in [0, 0.05) is 17.1 Å². The first-order valence-electron chi connectivity index (χ1n) is 8.47. The van der Waals surface area contributed by atoms with Gasteiger partial charge in [0.25, 0.3) is 0 Å². The van der Waals surface area contributed by atoms with Crippen LogP contribution in [-0.2, 0) is 0 Å². The largest absolute Gasteiger partial charge is 0.310 e. The zero-order valence-corrected chi connectivity index (χ0v) is 15.6. The summed E-state index contributed by atoms with van der Waals surface area (Å²) in [4.78, 5) is 0. The Morgan fingerprint density at radius 1 is 0.750 bits per heavy atom. The second-order valence-corrected chi connectivity index (χ2v) is 5.38. The lowest BCUT2D eigenvalue weighted by Crippen LogP contribution is -1.99.